The SMILES string of the molecule is COc1cccc(NC(=O)[C@@H](C)OC(=O)c2ccc(C)cc2O)c1. The number of benzene rings is 2. The first-order chi connectivity index (χ1) is 11.4. The number of anilines is 1. The predicted octanol–water partition coefficient (Wildman–Crippen LogP) is 2.89. The van der Waals surface area contributed by atoms with Gasteiger partial charge in [-0.1, -0.05) is 12.1 Å². The number of aromatic hydroxyl groups is 1. The molecular formula is C18H19NO5. The van der Waals surface area contributed by atoms with Gasteiger partial charge in [0.1, 0.15) is 17.1 Å². The zero-order chi connectivity index (χ0) is 17.7. The van der Waals surface area contributed by atoms with Crippen LogP contribution in [-0.4, -0.2) is 30.2 Å². The highest BCUT2D eigenvalue weighted by Gasteiger charge is 2.21. The molecule has 24 heavy (non-hydrogen) atoms. The molecule has 2 aromatic carbocycles. The van der Waals surface area contributed by atoms with E-state index in [0.717, 1.165) is 5.56 Å². The van der Waals surface area contributed by atoms with Gasteiger partial charge in [0.25, 0.3) is 5.91 Å². The van der Waals surface area contributed by atoms with Gasteiger partial charge in [-0.2, -0.15) is 0 Å². The second kappa shape index (κ2) is 7.50. The molecule has 0 aliphatic rings. The number of aryl methyl sites for hydroxylation is 1. The van der Waals surface area contributed by atoms with Crippen LogP contribution >= 0.6 is 0 Å². The molecule has 6 nitrogen and oxygen atoms in total. The van der Waals surface area contributed by atoms with Crippen molar-refractivity contribution in [3.63, 3.8) is 0 Å². The van der Waals surface area contributed by atoms with Crippen molar-refractivity contribution in [2.75, 3.05) is 12.4 Å². The number of hydrogen-bond donors (Lipinski definition) is 2. The number of methoxy groups -OCH3 is 1. The molecular weight excluding hydrogens is 310 g/mol. The van der Waals surface area contributed by atoms with E-state index in [1.54, 1.807) is 37.3 Å². The summed E-state index contributed by atoms with van der Waals surface area (Å²) in [6, 6.07) is 11.4. The summed E-state index contributed by atoms with van der Waals surface area (Å²) in [5.74, 6) is -0.827. The second-order valence-electron chi connectivity index (χ2n) is 5.29. The van der Waals surface area contributed by atoms with Gasteiger partial charge in [-0.15, -0.1) is 0 Å². The van der Waals surface area contributed by atoms with Crippen molar-refractivity contribution < 1.29 is 24.2 Å². The summed E-state index contributed by atoms with van der Waals surface area (Å²) in [6.45, 7) is 3.25. The third-order valence-electron chi connectivity index (χ3n) is 3.36. The highest BCUT2D eigenvalue weighted by Crippen LogP contribution is 2.20. The van der Waals surface area contributed by atoms with Gasteiger partial charge in [0.05, 0.1) is 7.11 Å². The molecule has 6 heteroatoms. The summed E-state index contributed by atoms with van der Waals surface area (Å²) in [4.78, 5) is 24.2. The van der Waals surface area contributed by atoms with E-state index in [4.69, 9.17) is 9.47 Å². The average molecular weight is 329 g/mol. The van der Waals surface area contributed by atoms with E-state index in [0.29, 0.717) is 11.4 Å². The fraction of sp³-hybridized carbons (Fsp3) is 0.222. The fourth-order valence-electron chi connectivity index (χ4n) is 2.04. The van der Waals surface area contributed by atoms with Crippen LogP contribution in [0, 0.1) is 6.92 Å². The minimum atomic E-state index is -1.02. The Hall–Kier alpha value is -3.02. The lowest BCUT2D eigenvalue weighted by Gasteiger charge is -2.14. The van der Waals surface area contributed by atoms with Gasteiger partial charge in [0, 0.05) is 11.8 Å². The zero-order valence-electron chi connectivity index (χ0n) is 13.7. The van der Waals surface area contributed by atoms with Crippen LogP contribution in [0.25, 0.3) is 0 Å². The Balaban J connectivity index is 2.01. The number of rotatable bonds is 5. The first kappa shape index (κ1) is 17.3. The van der Waals surface area contributed by atoms with E-state index in [1.165, 1.54) is 26.2 Å². The molecule has 126 valence electrons. The van der Waals surface area contributed by atoms with E-state index in [2.05, 4.69) is 5.32 Å². The van der Waals surface area contributed by atoms with Crippen LogP contribution in [0.2, 0.25) is 0 Å². The maximum Gasteiger partial charge on any atom is 0.342 e. The molecule has 0 saturated heterocycles. The molecule has 0 fully saturated rings. The number of hydrogen-bond acceptors (Lipinski definition) is 5. The minimum absolute atomic E-state index is 0.0154. The third-order valence-corrected chi connectivity index (χ3v) is 3.36. The molecule has 0 aliphatic carbocycles. The summed E-state index contributed by atoms with van der Waals surface area (Å²) >= 11 is 0. The smallest absolute Gasteiger partial charge is 0.342 e. The van der Waals surface area contributed by atoms with Crippen LogP contribution in [0.3, 0.4) is 0 Å². The number of amides is 1. The van der Waals surface area contributed by atoms with E-state index in [-0.39, 0.29) is 11.3 Å². The van der Waals surface area contributed by atoms with Crippen molar-refractivity contribution in [1.82, 2.24) is 0 Å². The summed E-state index contributed by atoms with van der Waals surface area (Å²) in [5, 5.41) is 12.4. The molecule has 0 aromatic heterocycles. The lowest BCUT2D eigenvalue weighted by Crippen LogP contribution is -2.30. The molecule has 0 heterocycles. The standard InChI is InChI=1S/C18H19NO5/c1-11-7-8-15(16(20)9-11)18(22)24-12(2)17(21)19-13-5-4-6-14(10-13)23-3/h4-10,12,20H,1-3H3,(H,19,21)/t12-/m1/s1. The van der Waals surface area contributed by atoms with Crippen molar-refractivity contribution in [2.24, 2.45) is 0 Å². The van der Waals surface area contributed by atoms with Gasteiger partial charge in [0.2, 0.25) is 0 Å². The summed E-state index contributed by atoms with van der Waals surface area (Å²) in [5.41, 5.74) is 1.36. The number of phenols is 1. The van der Waals surface area contributed by atoms with Crippen molar-refractivity contribution in [2.45, 2.75) is 20.0 Å². The van der Waals surface area contributed by atoms with E-state index >= 15 is 0 Å². The molecule has 2 N–H and O–H groups in total. The second-order valence-corrected chi connectivity index (χ2v) is 5.29. The van der Waals surface area contributed by atoms with Gasteiger partial charge in [0.15, 0.2) is 6.10 Å². The number of carbonyl (C=O) groups excluding carboxylic acids is 2. The number of esters is 1. The predicted molar refractivity (Wildman–Crippen MR) is 89.3 cm³/mol. The normalized spacial score (nSPS) is 11.5. The lowest BCUT2D eigenvalue weighted by molar-refractivity contribution is -0.123. The summed E-state index contributed by atoms with van der Waals surface area (Å²) in [7, 11) is 1.53. The molecule has 0 saturated carbocycles. The highest BCUT2D eigenvalue weighted by molar-refractivity contribution is 5.98. The van der Waals surface area contributed by atoms with Crippen LogP contribution in [0.1, 0.15) is 22.8 Å². The summed E-state index contributed by atoms with van der Waals surface area (Å²) in [6.07, 6.45) is -1.02. The van der Waals surface area contributed by atoms with Crippen molar-refractivity contribution in [1.29, 1.82) is 0 Å². The van der Waals surface area contributed by atoms with E-state index in [1.807, 2.05) is 0 Å². The number of carbonyl (C=O) groups is 2. The Morgan fingerprint density at radius 3 is 2.58 bits per heavy atom. The molecule has 1 amide bonds. The molecule has 0 aliphatic heterocycles. The lowest BCUT2D eigenvalue weighted by atomic mass is 10.1. The van der Waals surface area contributed by atoms with E-state index < -0.39 is 18.0 Å². The zero-order valence-corrected chi connectivity index (χ0v) is 13.7. The molecule has 1 atom stereocenters. The molecule has 0 unspecified atom stereocenters. The molecule has 0 radical (unpaired) electrons. The van der Waals surface area contributed by atoms with Gasteiger partial charge in [-0.25, -0.2) is 4.79 Å². The Bertz CT molecular complexity index is 757. The van der Waals surface area contributed by atoms with Crippen LogP contribution in [-0.2, 0) is 9.53 Å². The molecule has 0 spiro atoms. The quantitative estimate of drug-likeness (QED) is 0.824. The van der Waals surface area contributed by atoms with Crippen molar-refractivity contribution >= 4 is 17.6 Å². The van der Waals surface area contributed by atoms with Crippen molar-refractivity contribution in [3.05, 3.63) is 53.6 Å². The van der Waals surface area contributed by atoms with Gasteiger partial charge < -0.3 is 19.9 Å². The molecule has 2 aromatic rings. The Labute approximate surface area is 140 Å². The largest absolute Gasteiger partial charge is 0.507 e. The first-order valence-electron chi connectivity index (χ1n) is 7.36. The Kier molecular flexibility index (Phi) is 5.42. The van der Waals surface area contributed by atoms with Gasteiger partial charge in [-0.3, -0.25) is 4.79 Å². The number of nitrogens with one attached hydrogen (secondary N) is 1. The number of phenolic OH excluding ortho intramolecular Hbond substituents is 1. The van der Waals surface area contributed by atoms with Gasteiger partial charge >= 0.3 is 5.97 Å². The maximum absolute atomic E-state index is 12.1. The third kappa shape index (κ3) is 4.25. The van der Waals surface area contributed by atoms with Crippen molar-refractivity contribution in [3.8, 4) is 11.5 Å². The maximum atomic E-state index is 12.1. The Morgan fingerprint density at radius 2 is 1.92 bits per heavy atom. The van der Waals surface area contributed by atoms with Crippen LogP contribution in [0.5, 0.6) is 11.5 Å². The van der Waals surface area contributed by atoms with Crippen LogP contribution < -0.4 is 10.1 Å². The van der Waals surface area contributed by atoms with Crippen LogP contribution in [0.4, 0.5) is 5.69 Å². The summed E-state index contributed by atoms with van der Waals surface area (Å²) < 4.78 is 10.2. The van der Waals surface area contributed by atoms with Gasteiger partial charge in [-0.05, 0) is 43.7 Å². The highest BCUT2D eigenvalue weighted by atomic mass is 16.5. The fourth-order valence-corrected chi connectivity index (χ4v) is 2.04. The topological polar surface area (TPSA) is 84.9 Å². The number of ether oxygens (including phenoxy) is 2. The first-order valence-corrected chi connectivity index (χ1v) is 7.36. The average Bonchev–Trinajstić information content (AvgIpc) is 2.54. The molecule has 2 rings (SSSR count). The monoisotopic (exact) mass is 329 g/mol. The Morgan fingerprint density at radius 1 is 1.17 bits per heavy atom. The minimum Gasteiger partial charge on any atom is -0.507 e. The molecule has 0 bridgehead atoms. The van der Waals surface area contributed by atoms with Crippen LogP contribution in [0.15, 0.2) is 42.5 Å². The van der Waals surface area contributed by atoms with E-state index in [9.17, 15) is 14.7 Å².